The number of hydrogen-bond acceptors (Lipinski definition) is 6. The molecule has 1 amide bonds. The van der Waals surface area contributed by atoms with Crippen LogP contribution in [0, 0.1) is 0 Å². The maximum Gasteiger partial charge on any atom is 0.340 e. The molecule has 0 aromatic heterocycles. The number of hydrogen-bond donors (Lipinski definition) is 2. The van der Waals surface area contributed by atoms with E-state index < -0.39 is 12.0 Å². The third-order valence-electron chi connectivity index (χ3n) is 3.82. The van der Waals surface area contributed by atoms with Crippen molar-refractivity contribution in [3.05, 3.63) is 23.8 Å². The number of carbonyl (C=O) groups is 2. The van der Waals surface area contributed by atoms with Crippen LogP contribution < -0.4 is 16.0 Å². The molecule has 1 heterocycles. The summed E-state index contributed by atoms with van der Waals surface area (Å²) in [5.41, 5.74) is 7.33. The molecule has 0 radical (unpaired) electrons. The molecule has 1 saturated heterocycles. The van der Waals surface area contributed by atoms with Crippen LogP contribution in [0.5, 0.6) is 0 Å². The zero-order chi connectivity index (χ0) is 16.8. The number of benzene rings is 1. The monoisotopic (exact) mass is 393 g/mol. The first-order valence-electron chi connectivity index (χ1n) is 7.68. The Morgan fingerprint density at radius 1 is 1.32 bits per heavy atom. The molecule has 1 aliphatic heterocycles. The zero-order valence-electron chi connectivity index (χ0n) is 14.3. The number of rotatable bonds is 5. The molecule has 1 aromatic rings. The molecular weight excluding hydrogens is 369 g/mol. The van der Waals surface area contributed by atoms with Gasteiger partial charge in [-0.3, -0.25) is 4.79 Å². The molecule has 9 heteroatoms. The predicted octanol–water partition coefficient (Wildman–Crippen LogP) is 1.83. The number of nitrogens with two attached hydrogens (primary N) is 1. The van der Waals surface area contributed by atoms with Crippen molar-refractivity contribution in [1.82, 2.24) is 0 Å². The quantitative estimate of drug-likeness (QED) is 0.741. The topological polar surface area (TPSA) is 93.9 Å². The van der Waals surface area contributed by atoms with Gasteiger partial charge in [0.1, 0.15) is 0 Å². The second kappa shape index (κ2) is 11.1. The molecule has 0 saturated carbocycles. The van der Waals surface area contributed by atoms with Crippen molar-refractivity contribution in [2.45, 2.75) is 19.4 Å². The standard InChI is InChI=1S/C16H23N3O4.2ClH/c1-3-13(17)15(20)18-14-5-4-11(10-12(14)16(21)22-2)19-6-8-23-9-7-19;;/h4-5,10,13H,3,6-9,17H2,1-2H3,(H,18,20);2*1H/t13-;;/m0../s1. The summed E-state index contributed by atoms with van der Waals surface area (Å²) in [7, 11) is 1.31. The third kappa shape index (κ3) is 6.04. The Balaban J connectivity index is 0.00000288. The van der Waals surface area contributed by atoms with Crippen LogP contribution in [0.1, 0.15) is 23.7 Å². The van der Waals surface area contributed by atoms with E-state index in [2.05, 4.69) is 10.2 Å². The smallest absolute Gasteiger partial charge is 0.340 e. The summed E-state index contributed by atoms with van der Waals surface area (Å²) in [4.78, 5) is 26.1. The highest BCUT2D eigenvalue weighted by atomic mass is 35.5. The number of methoxy groups -OCH3 is 1. The fraction of sp³-hybridized carbons (Fsp3) is 0.500. The van der Waals surface area contributed by atoms with Gasteiger partial charge in [0.05, 0.1) is 37.6 Å². The lowest BCUT2D eigenvalue weighted by molar-refractivity contribution is -0.117. The highest BCUT2D eigenvalue weighted by Gasteiger charge is 2.20. The summed E-state index contributed by atoms with van der Waals surface area (Å²) in [6.07, 6.45) is 0.519. The van der Waals surface area contributed by atoms with E-state index in [-0.39, 0.29) is 30.7 Å². The Bertz CT molecular complexity index is 580. The van der Waals surface area contributed by atoms with Gasteiger partial charge in [0.2, 0.25) is 5.91 Å². The van der Waals surface area contributed by atoms with Gasteiger partial charge in [-0.1, -0.05) is 6.92 Å². The average Bonchev–Trinajstić information content (AvgIpc) is 2.61. The first-order chi connectivity index (χ1) is 11.1. The fourth-order valence-corrected chi connectivity index (χ4v) is 2.35. The van der Waals surface area contributed by atoms with E-state index in [1.165, 1.54) is 7.11 Å². The van der Waals surface area contributed by atoms with Crippen molar-refractivity contribution in [3.8, 4) is 0 Å². The molecule has 0 aliphatic carbocycles. The highest BCUT2D eigenvalue weighted by molar-refractivity contribution is 6.03. The molecule has 0 bridgehead atoms. The molecule has 1 aliphatic rings. The molecule has 0 unspecified atom stereocenters. The first kappa shape index (κ1) is 23.5. The van der Waals surface area contributed by atoms with Gasteiger partial charge in [0, 0.05) is 18.8 Å². The van der Waals surface area contributed by atoms with Crippen LogP contribution in [0.25, 0.3) is 0 Å². The van der Waals surface area contributed by atoms with Gasteiger partial charge in [0.15, 0.2) is 0 Å². The Morgan fingerprint density at radius 3 is 2.52 bits per heavy atom. The van der Waals surface area contributed by atoms with Crippen molar-refractivity contribution in [2.24, 2.45) is 5.73 Å². The Labute approximate surface area is 160 Å². The van der Waals surface area contributed by atoms with Crippen LogP contribution in [0.3, 0.4) is 0 Å². The van der Waals surface area contributed by atoms with Crippen LogP contribution in [-0.2, 0) is 14.3 Å². The van der Waals surface area contributed by atoms with E-state index in [1.54, 1.807) is 12.1 Å². The average molecular weight is 394 g/mol. The summed E-state index contributed by atoms with van der Waals surface area (Å²) < 4.78 is 10.2. The van der Waals surface area contributed by atoms with Gasteiger partial charge in [-0.15, -0.1) is 24.8 Å². The molecule has 7 nitrogen and oxygen atoms in total. The maximum absolute atomic E-state index is 12.0. The van der Waals surface area contributed by atoms with E-state index in [1.807, 2.05) is 13.0 Å². The second-order valence-corrected chi connectivity index (χ2v) is 5.32. The molecule has 2 rings (SSSR count). The highest BCUT2D eigenvalue weighted by Crippen LogP contribution is 2.25. The lowest BCUT2D eigenvalue weighted by Crippen LogP contribution is -2.36. The summed E-state index contributed by atoms with van der Waals surface area (Å²) in [5, 5.41) is 2.70. The van der Waals surface area contributed by atoms with Gasteiger partial charge >= 0.3 is 5.97 Å². The number of ether oxygens (including phenoxy) is 2. The van der Waals surface area contributed by atoms with Crippen molar-refractivity contribution >= 4 is 48.1 Å². The van der Waals surface area contributed by atoms with Crippen LogP contribution in [0.4, 0.5) is 11.4 Å². The molecule has 1 atom stereocenters. The van der Waals surface area contributed by atoms with E-state index in [4.69, 9.17) is 15.2 Å². The second-order valence-electron chi connectivity index (χ2n) is 5.32. The van der Waals surface area contributed by atoms with E-state index in [9.17, 15) is 9.59 Å². The number of amides is 1. The van der Waals surface area contributed by atoms with Crippen LogP contribution in [0.15, 0.2) is 18.2 Å². The summed E-state index contributed by atoms with van der Waals surface area (Å²) in [6.45, 7) is 4.64. The SMILES string of the molecule is CC[C@H](N)C(=O)Nc1ccc(N2CCOCC2)cc1C(=O)OC.Cl.Cl. The lowest BCUT2D eigenvalue weighted by atomic mass is 10.1. The number of carbonyl (C=O) groups excluding carboxylic acids is 2. The molecule has 3 N–H and O–H groups in total. The number of esters is 1. The van der Waals surface area contributed by atoms with Gasteiger partial charge in [-0.25, -0.2) is 4.79 Å². The van der Waals surface area contributed by atoms with Gasteiger partial charge in [0.25, 0.3) is 0 Å². The molecular formula is C16H25Cl2N3O4. The number of halogens is 2. The molecule has 1 fully saturated rings. The van der Waals surface area contributed by atoms with Gasteiger partial charge in [-0.05, 0) is 24.6 Å². The lowest BCUT2D eigenvalue weighted by Gasteiger charge is -2.29. The number of nitrogens with zero attached hydrogens (tertiary/aromatic N) is 1. The van der Waals surface area contributed by atoms with Crippen molar-refractivity contribution in [1.29, 1.82) is 0 Å². The summed E-state index contributed by atoms with van der Waals surface area (Å²) >= 11 is 0. The first-order valence-corrected chi connectivity index (χ1v) is 7.68. The summed E-state index contributed by atoms with van der Waals surface area (Å²) in [5.74, 6) is -0.822. The molecule has 142 valence electrons. The van der Waals surface area contributed by atoms with E-state index in [0.29, 0.717) is 30.9 Å². The van der Waals surface area contributed by atoms with Crippen molar-refractivity contribution in [2.75, 3.05) is 43.6 Å². The van der Waals surface area contributed by atoms with E-state index >= 15 is 0 Å². The van der Waals surface area contributed by atoms with Crippen LogP contribution in [-0.4, -0.2) is 51.3 Å². The Hall–Kier alpha value is -1.54. The minimum Gasteiger partial charge on any atom is -0.465 e. The Kier molecular flexibility index (Phi) is 10.5. The predicted molar refractivity (Wildman–Crippen MR) is 102 cm³/mol. The minimum atomic E-state index is -0.612. The summed E-state index contributed by atoms with van der Waals surface area (Å²) in [6, 6.07) is 4.69. The van der Waals surface area contributed by atoms with Crippen molar-refractivity contribution in [3.63, 3.8) is 0 Å². The minimum absolute atomic E-state index is 0. The normalized spacial score (nSPS) is 14.6. The third-order valence-corrected chi connectivity index (χ3v) is 3.82. The van der Waals surface area contributed by atoms with Gasteiger partial charge < -0.3 is 25.4 Å². The fourth-order valence-electron chi connectivity index (χ4n) is 2.35. The van der Waals surface area contributed by atoms with Crippen molar-refractivity contribution < 1.29 is 19.1 Å². The maximum atomic E-state index is 12.0. The number of nitrogens with one attached hydrogen (secondary N) is 1. The van der Waals surface area contributed by atoms with Crippen LogP contribution >= 0.6 is 24.8 Å². The Morgan fingerprint density at radius 2 is 1.96 bits per heavy atom. The number of morpholine rings is 1. The number of anilines is 2. The van der Waals surface area contributed by atoms with Crippen LogP contribution in [0.2, 0.25) is 0 Å². The molecule has 0 spiro atoms. The van der Waals surface area contributed by atoms with E-state index in [0.717, 1.165) is 18.8 Å². The molecule has 25 heavy (non-hydrogen) atoms. The largest absolute Gasteiger partial charge is 0.465 e. The zero-order valence-corrected chi connectivity index (χ0v) is 16.0. The molecule has 1 aromatic carbocycles. The van der Waals surface area contributed by atoms with Gasteiger partial charge in [-0.2, -0.15) is 0 Å².